The molecule has 132 valence electrons. The lowest BCUT2D eigenvalue weighted by Crippen LogP contribution is -2.50. The van der Waals surface area contributed by atoms with E-state index in [1.54, 1.807) is 19.1 Å². The van der Waals surface area contributed by atoms with Gasteiger partial charge in [-0.05, 0) is 12.8 Å². The maximum atomic E-state index is 12.1. The first-order valence-corrected chi connectivity index (χ1v) is 7.57. The zero-order chi connectivity index (χ0) is 18.3. The minimum Gasteiger partial charge on any atom is -0.493 e. The predicted octanol–water partition coefficient (Wildman–Crippen LogP) is 2.18. The third-order valence-electron chi connectivity index (χ3n) is 3.90. The Labute approximate surface area is 142 Å². The van der Waals surface area contributed by atoms with Gasteiger partial charge in [0.2, 0.25) is 11.7 Å². The van der Waals surface area contributed by atoms with Gasteiger partial charge in [-0.3, -0.25) is 4.79 Å². The van der Waals surface area contributed by atoms with Gasteiger partial charge < -0.3 is 24.8 Å². The van der Waals surface area contributed by atoms with Crippen LogP contribution in [0.4, 0.5) is 5.69 Å². The Morgan fingerprint density at radius 3 is 2.12 bits per heavy atom. The Morgan fingerprint density at radius 2 is 1.75 bits per heavy atom. The Bertz CT molecular complexity index is 600. The molecule has 0 spiro atoms. The summed E-state index contributed by atoms with van der Waals surface area (Å²) in [5, 5.41) is 15.0. The van der Waals surface area contributed by atoms with Crippen molar-refractivity contribution in [3.05, 3.63) is 12.1 Å². The summed E-state index contributed by atoms with van der Waals surface area (Å²) in [6, 6.07) is 5.56. The summed E-state index contributed by atoms with van der Waals surface area (Å²) in [7, 11) is 4.57. The van der Waals surface area contributed by atoms with Crippen LogP contribution in [-0.2, 0) is 4.79 Å². The Morgan fingerprint density at radius 1 is 1.21 bits per heavy atom. The summed E-state index contributed by atoms with van der Waals surface area (Å²) in [4.78, 5) is 12.1. The van der Waals surface area contributed by atoms with Crippen LogP contribution in [0.3, 0.4) is 0 Å². The fourth-order valence-corrected chi connectivity index (χ4v) is 2.00. The van der Waals surface area contributed by atoms with Gasteiger partial charge >= 0.3 is 0 Å². The van der Waals surface area contributed by atoms with Gasteiger partial charge in [-0.2, -0.15) is 5.26 Å². The summed E-state index contributed by atoms with van der Waals surface area (Å²) in [5.41, 5.74) is -0.267. The molecule has 2 N–H and O–H groups in total. The lowest BCUT2D eigenvalue weighted by Gasteiger charge is -2.27. The number of carbonyl (C=O) groups is 1. The SMILES string of the molecule is COc1cc(NCC(=O)NC(C)(C#N)C(C)C)cc(OC)c1OC. The van der Waals surface area contributed by atoms with Crippen LogP contribution in [0.1, 0.15) is 20.8 Å². The molecule has 0 saturated heterocycles. The second kappa shape index (κ2) is 8.29. The maximum Gasteiger partial charge on any atom is 0.240 e. The van der Waals surface area contributed by atoms with Gasteiger partial charge in [-0.1, -0.05) is 13.8 Å². The van der Waals surface area contributed by atoms with Crippen molar-refractivity contribution in [3.63, 3.8) is 0 Å². The van der Waals surface area contributed by atoms with Gasteiger partial charge in [-0.25, -0.2) is 0 Å². The summed E-state index contributed by atoms with van der Waals surface area (Å²) in [6.07, 6.45) is 0. The van der Waals surface area contributed by atoms with E-state index >= 15 is 0 Å². The van der Waals surface area contributed by atoms with Gasteiger partial charge in [-0.15, -0.1) is 0 Å². The van der Waals surface area contributed by atoms with E-state index in [4.69, 9.17) is 14.2 Å². The van der Waals surface area contributed by atoms with E-state index < -0.39 is 5.54 Å². The van der Waals surface area contributed by atoms with E-state index in [0.717, 1.165) is 0 Å². The number of hydrogen-bond donors (Lipinski definition) is 2. The zero-order valence-corrected chi connectivity index (χ0v) is 15.0. The molecule has 1 amide bonds. The number of ether oxygens (including phenoxy) is 3. The molecular weight excluding hydrogens is 310 g/mol. The van der Waals surface area contributed by atoms with Crippen LogP contribution in [0, 0.1) is 17.2 Å². The number of amides is 1. The van der Waals surface area contributed by atoms with E-state index in [1.807, 2.05) is 13.8 Å². The first kappa shape index (κ1) is 19.4. The van der Waals surface area contributed by atoms with E-state index in [1.165, 1.54) is 21.3 Å². The minimum absolute atomic E-state index is 0.00683. The molecule has 0 bridgehead atoms. The van der Waals surface area contributed by atoms with Crippen LogP contribution < -0.4 is 24.8 Å². The maximum absolute atomic E-state index is 12.1. The number of rotatable bonds is 8. The molecule has 1 aromatic rings. The van der Waals surface area contributed by atoms with Crippen molar-refractivity contribution in [3.8, 4) is 23.3 Å². The number of carbonyl (C=O) groups excluding carboxylic acids is 1. The van der Waals surface area contributed by atoms with Crippen LogP contribution in [0.2, 0.25) is 0 Å². The highest BCUT2D eigenvalue weighted by Crippen LogP contribution is 2.39. The van der Waals surface area contributed by atoms with Gasteiger partial charge in [0.25, 0.3) is 0 Å². The van der Waals surface area contributed by atoms with E-state index in [9.17, 15) is 10.1 Å². The molecule has 0 aromatic heterocycles. The lowest BCUT2D eigenvalue weighted by molar-refractivity contribution is -0.121. The minimum atomic E-state index is -0.909. The highest BCUT2D eigenvalue weighted by Gasteiger charge is 2.29. The monoisotopic (exact) mass is 335 g/mol. The molecule has 24 heavy (non-hydrogen) atoms. The smallest absolute Gasteiger partial charge is 0.240 e. The number of methoxy groups -OCH3 is 3. The molecule has 7 nitrogen and oxygen atoms in total. The quantitative estimate of drug-likeness (QED) is 0.756. The van der Waals surface area contributed by atoms with Crippen molar-refractivity contribution in [1.29, 1.82) is 5.26 Å². The number of nitrogens with zero attached hydrogens (tertiary/aromatic N) is 1. The van der Waals surface area contributed by atoms with Crippen molar-refractivity contribution in [2.45, 2.75) is 26.3 Å². The van der Waals surface area contributed by atoms with Gasteiger partial charge in [0, 0.05) is 17.8 Å². The third-order valence-corrected chi connectivity index (χ3v) is 3.90. The molecule has 1 rings (SSSR count). The summed E-state index contributed by atoms with van der Waals surface area (Å²) in [6.45, 7) is 5.49. The number of nitriles is 1. The molecule has 1 unspecified atom stereocenters. The Kier molecular flexibility index (Phi) is 6.71. The molecular formula is C17H25N3O4. The van der Waals surface area contributed by atoms with Crippen molar-refractivity contribution >= 4 is 11.6 Å². The molecule has 0 aliphatic heterocycles. The highest BCUT2D eigenvalue weighted by atomic mass is 16.5. The molecule has 1 atom stereocenters. The average molecular weight is 335 g/mol. The van der Waals surface area contributed by atoms with Crippen molar-refractivity contribution in [2.24, 2.45) is 5.92 Å². The largest absolute Gasteiger partial charge is 0.493 e. The number of hydrogen-bond acceptors (Lipinski definition) is 6. The van der Waals surface area contributed by atoms with Crippen molar-refractivity contribution < 1.29 is 19.0 Å². The van der Waals surface area contributed by atoms with Crippen molar-refractivity contribution in [1.82, 2.24) is 5.32 Å². The second-order valence-electron chi connectivity index (χ2n) is 5.78. The molecule has 7 heteroatoms. The Hall–Kier alpha value is -2.62. The molecule has 0 aliphatic carbocycles. The van der Waals surface area contributed by atoms with Crippen LogP contribution >= 0.6 is 0 Å². The van der Waals surface area contributed by atoms with E-state index in [2.05, 4.69) is 16.7 Å². The van der Waals surface area contributed by atoms with E-state index in [0.29, 0.717) is 22.9 Å². The number of nitrogens with one attached hydrogen (secondary N) is 2. The molecule has 1 aromatic carbocycles. The van der Waals surface area contributed by atoms with Gasteiger partial charge in [0.15, 0.2) is 11.5 Å². The lowest BCUT2D eigenvalue weighted by atomic mass is 9.90. The first-order valence-electron chi connectivity index (χ1n) is 7.57. The van der Waals surface area contributed by atoms with Gasteiger partial charge in [0.1, 0.15) is 5.54 Å². The predicted molar refractivity (Wildman–Crippen MR) is 91.6 cm³/mol. The standard InChI is InChI=1S/C17H25N3O4/c1-11(2)17(3,10-18)20-15(21)9-19-12-7-13(22-4)16(24-6)14(8-12)23-5/h7-8,11,19H,9H2,1-6H3,(H,20,21). The van der Waals surface area contributed by atoms with Crippen LogP contribution in [0.25, 0.3) is 0 Å². The Balaban J connectivity index is 2.84. The first-order chi connectivity index (χ1) is 11.3. The normalized spacial score (nSPS) is 12.8. The number of benzene rings is 1. The van der Waals surface area contributed by atoms with Crippen LogP contribution in [0.5, 0.6) is 17.2 Å². The topological polar surface area (TPSA) is 92.6 Å². The van der Waals surface area contributed by atoms with E-state index in [-0.39, 0.29) is 18.4 Å². The van der Waals surface area contributed by atoms with Gasteiger partial charge in [0.05, 0.1) is 33.9 Å². The third kappa shape index (κ3) is 4.44. The molecule has 0 saturated carbocycles. The molecule has 0 fully saturated rings. The van der Waals surface area contributed by atoms with Crippen molar-refractivity contribution in [2.75, 3.05) is 33.2 Å². The molecule has 0 radical (unpaired) electrons. The highest BCUT2D eigenvalue weighted by molar-refractivity contribution is 5.82. The fourth-order valence-electron chi connectivity index (χ4n) is 2.00. The van der Waals surface area contributed by atoms with Crippen LogP contribution in [0.15, 0.2) is 12.1 Å². The summed E-state index contributed by atoms with van der Waals surface area (Å²) >= 11 is 0. The second-order valence-corrected chi connectivity index (χ2v) is 5.78. The fraction of sp³-hybridized carbons (Fsp3) is 0.529. The molecule has 0 aliphatic rings. The summed E-state index contributed by atoms with van der Waals surface area (Å²) in [5.74, 6) is 1.17. The number of anilines is 1. The average Bonchev–Trinajstić information content (AvgIpc) is 2.58. The van der Waals surface area contributed by atoms with Crippen LogP contribution in [-0.4, -0.2) is 39.3 Å². The summed E-state index contributed by atoms with van der Waals surface area (Å²) < 4.78 is 15.8. The zero-order valence-electron chi connectivity index (χ0n) is 15.0. The molecule has 0 heterocycles.